The molecule has 4 aliphatic carbocycles. The third-order valence-corrected chi connectivity index (χ3v) is 6.04. The summed E-state index contributed by atoms with van der Waals surface area (Å²) in [7, 11) is 0. The summed E-state index contributed by atoms with van der Waals surface area (Å²) in [4.78, 5) is 12.5. The highest BCUT2D eigenvalue weighted by Crippen LogP contribution is 2.56. The van der Waals surface area contributed by atoms with Gasteiger partial charge in [-0.25, -0.2) is 0 Å². The highest BCUT2D eigenvalue weighted by molar-refractivity contribution is 7.15. The highest BCUT2D eigenvalue weighted by Gasteiger charge is 2.50. The lowest BCUT2D eigenvalue weighted by atomic mass is 9.51. The summed E-state index contributed by atoms with van der Waals surface area (Å²) in [5.74, 6) is 3.52. The number of hydrogen-bond donors (Lipinski definition) is 1. The van der Waals surface area contributed by atoms with Crippen LogP contribution in [0.3, 0.4) is 0 Å². The average Bonchev–Trinajstić information content (AvgIpc) is 2.73. The molecule has 5 rings (SSSR count). The molecule has 102 valence electrons. The van der Waals surface area contributed by atoms with E-state index in [1.165, 1.54) is 43.4 Å². The molecule has 1 aromatic heterocycles. The van der Waals surface area contributed by atoms with Crippen LogP contribution in [0.15, 0.2) is 0 Å². The monoisotopic (exact) mass is 277 g/mol. The van der Waals surface area contributed by atoms with Crippen LogP contribution in [0.2, 0.25) is 0 Å². The van der Waals surface area contributed by atoms with Crippen molar-refractivity contribution in [3.8, 4) is 0 Å². The number of anilines is 1. The Hall–Kier alpha value is -0.970. The van der Waals surface area contributed by atoms with Gasteiger partial charge in [0.1, 0.15) is 5.01 Å². The minimum atomic E-state index is 0.199. The van der Waals surface area contributed by atoms with Gasteiger partial charge in [0.15, 0.2) is 0 Å². The van der Waals surface area contributed by atoms with E-state index >= 15 is 0 Å². The minimum Gasteiger partial charge on any atom is -0.300 e. The molecular weight excluding hydrogens is 258 g/mol. The lowest BCUT2D eigenvalue weighted by molar-refractivity contribution is -0.132. The quantitative estimate of drug-likeness (QED) is 0.904. The third kappa shape index (κ3) is 1.98. The van der Waals surface area contributed by atoms with Crippen LogP contribution in [-0.4, -0.2) is 16.1 Å². The summed E-state index contributed by atoms with van der Waals surface area (Å²) in [5, 5.41) is 12.5. The van der Waals surface area contributed by atoms with Crippen LogP contribution >= 0.6 is 11.3 Å². The number of nitrogens with one attached hydrogen (secondary N) is 1. The standard InChI is InChI=1S/C14H19N3OS/c1-7-16-17-14(19-7)15-13(18)12-10-3-8-2-9(5-10)6-11(12)4-8/h8-12H,2-6H2,1H3,(H,15,17,18). The van der Waals surface area contributed by atoms with E-state index in [1.807, 2.05) is 6.92 Å². The van der Waals surface area contributed by atoms with Crippen molar-refractivity contribution in [1.82, 2.24) is 10.2 Å². The van der Waals surface area contributed by atoms with Gasteiger partial charge in [0.05, 0.1) is 0 Å². The first-order valence-corrected chi connectivity index (χ1v) is 8.11. The summed E-state index contributed by atoms with van der Waals surface area (Å²) in [5.41, 5.74) is 0. The molecule has 1 N–H and O–H groups in total. The molecule has 4 fully saturated rings. The SMILES string of the molecule is Cc1nnc(NC(=O)C2C3CC4CC(C3)CC2C4)s1. The zero-order valence-electron chi connectivity index (χ0n) is 11.1. The number of amides is 1. The third-order valence-electron chi connectivity index (χ3n) is 5.29. The van der Waals surface area contributed by atoms with Gasteiger partial charge in [0.25, 0.3) is 0 Å². The van der Waals surface area contributed by atoms with Crippen molar-refractivity contribution in [1.29, 1.82) is 0 Å². The van der Waals surface area contributed by atoms with Crippen LogP contribution in [-0.2, 0) is 4.79 Å². The molecule has 0 radical (unpaired) electrons. The zero-order chi connectivity index (χ0) is 13.0. The van der Waals surface area contributed by atoms with E-state index in [2.05, 4.69) is 15.5 Å². The van der Waals surface area contributed by atoms with E-state index in [1.54, 1.807) is 0 Å². The Morgan fingerprint density at radius 2 is 1.74 bits per heavy atom. The van der Waals surface area contributed by atoms with Gasteiger partial charge in [-0.05, 0) is 62.7 Å². The lowest BCUT2D eigenvalue weighted by Gasteiger charge is -2.53. The maximum Gasteiger partial charge on any atom is 0.229 e. The summed E-state index contributed by atoms with van der Waals surface area (Å²) in [6.07, 6.45) is 6.54. The number of rotatable bonds is 2. The topological polar surface area (TPSA) is 54.9 Å². The van der Waals surface area contributed by atoms with Crippen molar-refractivity contribution in [3.05, 3.63) is 5.01 Å². The zero-order valence-corrected chi connectivity index (χ0v) is 11.9. The number of nitrogens with zero attached hydrogens (tertiary/aromatic N) is 2. The van der Waals surface area contributed by atoms with Crippen LogP contribution < -0.4 is 5.32 Å². The van der Waals surface area contributed by atoms with Crippen molar-refractivity contribution in [2.45, 2.75) is 39.0 Å². The van der Waals surface area contributed by atoms with Gasteiger partial charge in [0.2, 0.25) is 11.0 Å². The molecule has 4 nitrogen and oxygen atoms in total. The van der Waals surface area contributed by atoms with Gasteiger partial charge in [0, 0.05) is 5.92 Å². The molecule has 4 aliphatic rings. The smallest absolute Gasteiger partial charge is 0.229 e. The first-order chi connectivity index (χ1) is 9.19. The van der Waals surface area contributed by atoms with E-state index in [-0.39, 0.29) is 11.8 Å². The molecule has 0 saturated heterocycles. The molecule has 0 aliphatic heterocycles. The average molecular weight is 277 g/mol. The fraction of sp³-hybridized carbons (Fsp3) is 0.786. The molecule has 0 unspecified atom stereocenters. The Morgan fingerprint density at radius 1 is 1.11 bits per heavy atom. The number of aryl methyl sites for hydroxylation is 1. The van der Waals surface area contributed by atoms with E-state index < -0.39 is 0 Å². The van der Waals surface area contributed by atoms with E-state index in [0.29, 0.717) is 17.0 Å². The Bertz CT molecular complexity index is 485. The van der Waals surface area contributed by atoms with Crippen molar-refractivity contribution in [3.63, 3.8) is 0 Å². The molecule has 19 heavy (non-hydrogen) atoms. The Kier molecular flexibility index (Phi) is 2.65. The van der Waals surface area contributed by atoms with Gasteiger partial charge in [-0.2, -0.15) is 0 Å². The molecule has 5 heteroatoms. The first-order valence-electron chi connectivity index (χ1n) is 7.30. The maximum absolute atomic E-state index is 12.5. The predicted octanol–water partition coefficient (Wildman–Crippen LogP) is 2.86. The first kappa shape index (κ1) is 11.8. The Morgan fingerprint density at radius 3 is 2.26 bits per heavy atom. The van der Waals surface area contributed by atoms with Gasteiger partial charge in [-0.15, -0.1) is 10.2 Å². The van der Waals surface area contributed by atoms with Crippen LogP contribution in [0.25, 0.3) is 0 Å². The second-order valence-electron chi connectivity index (χ2n) is 6.57. The second-order valence-corrected chi connectivity index (χ2v) is 7.75. The molecule has 1 aromatic rings. The van der Waals surface area contributed by atoms with Crippen LogP contribution in [0.1, 0.15) is 37.1 Å². The van der Waals surface area contributed by atoms with E-state index in [4.69, 9.17) is 0 Å². The van der Waals surface area contributed by atoms with Crippen molar-refractivity contribution in [2.75, 3.05) is 5.32 Å². The number of hydrogen-bond acceptors (Lipinski definition) is 4. The molecular formula is C14H19N3OS. The van der Waals surface area contributed by atoms with Crippen LogP contribution in [0.5, 0.6) is 0 Å². The predicted molar refractivity (Wildman–Crippen MR) is 73.8 cm³/mol. The molecule has 0 spiro atoms. The number of carbonyl (C=O) groups is 1. The molecule has 4 bridgehead atoms. The molecule has 1 heterocycles. The highest BCUT2D eigenvalue weighted by atomic mass is 32.1. The molecule has 0 aromatic carbocycles. The lowest BCUT2D eigenvalue weighted by Crippen LogP contribution is -2.49. The molecule has 1 amide bonds. The largest absolute Gasteiger partial charge is 0.300 e. The fourth-order valence-corrected chi connectivity index (χ4v) is 5.48. The molecule has 4 saturated carbocycles. The second kappa shape index (κ2) is 4.27. The summed E-state index contributed by atoms with van der Waals surface area (Å²) in [6, 6.07) is 0. The van der Waals surface area contributed by atoms with Gasteiger partial charge in [-0.1, -0.05) is 11.3 Å². The fourth-order valence-electron chi connectivity index (χ4n) is 4.89. The minimum absolute atomic E-state index is 0.199. The Balaban J connectivity index is 1.51. The Labute approximate surface area is 117 Å². The maximum atomic E-state index is 12.5. The van der Waals surface area contributed by atoms with E-state index in [9.17, 15) is 4.79 Å². The summed E-state index contributed by atoms with van der Waals surface area (Å²) < 4.78 is 0. The van der Waals surface area contributed by atoms with Crippen molar-refractivity contribution >= 4 is 22.4 Å². The summed E-state index contributed by atoms with van der Waals surface area (Å²) >= 11 is 1.46. The summed E-state index contributed by atoms with van der Waals surface area (Å²) in [6.45, 7) is 1.91. The van der Waals surface area contributed by atoms with Gasteiger partial charge >= 0.3 is 0 Å². The van der Waals surface area contributed by atoms with Crippen molar-refractivity contribution in [2.24, 2.45) is 29.6 Å². The van der Waals surface area contributed by atoms with E-state index in [0.717, 1.165) is 16.8 Å². The van der Waals surface area contributed by atoms with Crippen LogP contribution in [0, 0.1) is 36.5 Å². The molecule has 0 atom stereocenters. The number of aromatic nitrogens is 2. The van der Waals surface area contributed by atoms with Crippen molar-refractivity contribution < 1.29 is 4.79 Å². The van der Waals surface area contributed by atoms with Gasteiger partial charge in [-0.3, -0.25) is 4.79 Å². The van der Waals surface area contributed by atoms with Crippen LogP contribution in [0.4, 0.5) is 5.13 Å². The van der Waals surface area contributed by atoms with Gasteiger partial charge < -0.3 is 5.32 Å². The number of carbonyl (C=O) groups excluding carboxylic acids is 1. The normalized spacial score (nSPS) is 39.5.